The number of fused-ring (bicyclic) bond motifs is 3. The van der Waals surface area contributed by atoms with Crippen molar-refractivity contribution in [1.29, 1.82) is 0 Å². The lowest BCUT2D eigenvalue weighted by Crippen LogP contribution is -1.89. The zero-order valence-corrected chi connectivity index (χ0v) is 10.2. The molecule has 1 aliphatic heterocycles. The molecule has 0 unspecified atom stereocenters. The summed E-state index contributed by atoms with van der Waals surface area (Å²) in [5.41, 5.74) is 4.85. The lowest BCUT2D eigenvalue weighted by atomic mass is 9.99. The highest BCUT2D eigenvalue weighted by Gasteiger charge is 2.12. The number of halogens is 1. The van der Waals surface area contributed by atoms with Crippen LogP contribution in [-0.2, 0) is 0 Å². The smallest absolute Gasteiger partial charge is 0.0471 e. The van der Waals surface area contributed by atoms with Gasteiger partial charge in [0.2, 0.25) is 0 Å². The van der Waals surface area contributed by atoms with E-state index in [0.29, 0.717) is 0 Å². The van der Waals surface area contributed by atoms with E-state index in [1.54, 1.807) is 0 Å². The third kappa shape index (κ3) is 1.46. The fraction of sp³-hybridized carbons (Fsp3) is 0. The Morgan fingerprint density at radius 1 is 0.938 bits per heavy atom. The normalized spacial score (nSPS) is 12.3. The van der Waals surface area contributed by atoms with Gasteiger partial charge in [0.15, 0.2) is 0 Å². The molecular formula is C14H10BrN. The summed E-state index contributed by atoms with van der Waals surface area (Å²) in [5, 5.41) is 3.30. The van der Waals surface area contributed by atoms with Crippen LogP contribution in [-0.4, -0.2) is 0 Å². The molecule has 16 heavy (non-hydrogen) atoms. The molecule has 2 aromatic rings. The van der Waals surface area contributed by atoms with Gasteiger partial charge in [-0.2, -0.15) is 0 Å². The molecule has 0 spiro atoms. The summed E-state index contributed by atoms with van der Waals surface area (Å²) in [6, 6.07) is 14.6. The fourth-order valence-electron chi connectivity index (χ4n) is 2.01. The summed E-state index contributed by atoms with van der Waals surface area (Å²) in [6.45, 7) is 0. The van der Waals surface area contributed by atoms with Crippen molar-refractivity contribution in [3.63, 3.8) is 0 Å². The molecule has 78 valence electrons. The average Bonchev–Trinajstić information content (AvgIpc) is 2.49. The summed E-state index contributed by atoms with van der Waals surface area (Å²) in [6.07, 6.45) is 4.08. The van der Waals surface area contributed by atoms with E-state index in [-0.39, 0.29) is 0 Å². The van der Waals surface area contributed by atoms with E-state index in [9.17, 15) is 0 Å². The molecule has 3 rings (SSSR count). The van der Waals surface area contributed by atoms with E-state index < -0.39 is 0 Å². The maximum atomic E-state index is 3.62. The predicted molar refractivity (Wildman–Crippen MR) is 72.2 cm³/mol. The number of benzene rings is 2. The average molecular weight is 272 g/mol. The minimum absolute atomic E-state index is 1.12. The quantitative estimate of drug-likeness (QED) is 0.743. The molecule has 0 amide bonds. The molecule has 1 N–H and O–H groups in total. The molecule has 0 atom stereocenters. The van der Waals surface area contributed by atoms with Crippen molar-refractivity contribution in [2.75, 3.05) is 5.32 Å². The van der Waals surface area contributed by atoms with Gasteiger partial charge in [0.1, 0.15) is 0 Å². The van der Waals surface area contributed by atoms with Gasteiger partial charge >= 0.3 is 0 Å². The number of hydrogen-bond acceptors (Lipinski definition) is 1. The second-order valence-electron chi connectivity index (χ2n) is 3.73. The van der Waals surface area contributed by atoms with Crippen molar-refractivity contribution < 1.29 is 0 Å². The highest BCUT2D eigenvalue weighted by Crippen LogP contribution is 2.38. The lowest BCUT2D eigenvalue weighted by molar-refractivity contribution is 1.55. The first-order valence-corrected chi connectivity index (χ1v) is 5.96. The number of hydrogen-bond donors (Lipinski definition) is 1. The van der Waals surface area contributed by atoms with E-state index in [2.05, 4.69) is 63.7 Å². The Kier molecular flexibility index (Phi) is 2.29. The Hall–Kier alpha value is -1.54. The van der Waals surface area contributed by atoms with Gasteiger partial charge in [-0.15, -0.1) is 0 Å². The summed E-state index contributed by atoms with van der Waals surface area (Å²) in [5.74, 6) is 0. The molecule has 0 saturated heterocycles. The molecule has 0 saturated carbocycles. The van der Waals surface area contributed by atoms with Gasteiger partial charge in [0.25, 0.3) is 0 Å². The Morgan fingerprint density at radius 2 is 1.81 bits per heavy atom. The maximum Gasteiger partial charge on any atom is 0.0471 e. The number of anilines is 1. The lowest BCUT2D eigenvalue weighted by Gasteiger charge is -2.11. The van der Waals surface area contributed by atoms with Crippen LogP contribution in [0.25, 0.3) is 17.2 Å². The SMILES string of the molecule is Brc1cccc2c1-c1ccccc1C=CN2. The molecule has 1 heterocycles. The predicted octanol–water partition coefficient (Wildman–Crippen LogP) is 4.51. The van der Waals surface area contributed by atoms with Gasteiger partial charge < -0.3 is 5.32 Å². The van der Waals surface area contributed by atoms with Crippen LogP contribution in [0.3, 0.4) is 0 Å². The van der Waals surface area contributed by atoms with Crippen LogP contribution >= 0.6 is 15.9 Å². The fourth-order valence-corrected chi connectivity index (χ4v) is 2.59. The van der Waals surface area contributed by atoms with Gasteiger partial charge in [0.05, 0.1) is 0 Å². The van der Waals surface area contributed by atoms with Crippen LogP contribution in [0.15, 0.2) is 53.1 Å². The molecule has 0 radical (unpaired) electrons. The van der Waals surface area contributed by atoms with E-state index in [1.807, 2.05) is 12.3 Å². The molecular weight excluding hydrogens is 262 g/mol. The van der Waals surface area contributed by atoms with Crippen molar-refractivity contribution in [3.8, 4) is 11.1 Å². The van der Waals surface area contributed by atoms with Crippen molar-refractivity contribution in [2.24, 2.45) is 0 Å². The summed E-state index contributed by atoms with van der Waals surface area (Å²) < 4.78 is 1.12. The second-order valence-corrected chi connectivity index (χ2v) is 4.58. The van der Waals surface area contributed by atoms with E-state index in [4.69, 9.17) is 0 Å². The van der Waals surface area contributed by atoms with E-state index in [1.165, 1.54) is 16.7 Å². The molecule has 0 bridgehead atoms. The first kappa shape index (κ1) is 9.67. The Balaban J connectivity index is 2.37. The van der Waals surface area contributed by atoms with Crippen molar-refractivity contribution >= 4 is 27.7 Å². The first-order chi connectivity index (χ1) is 7.86. The highest BCUT2D eigenvalue weighted by atomic mass is 79.9. The Morgan fingerprint density at radius 3 is 2.75 bits per heavy atom. The van der Waals surface area contributed by atoms with Crippen LogP contribution in [0.1, 0.15) is 5.56 Å². The van der Waals surface area contributed by atoms with Crippen LogP contribution in [0.2, 0.25) is 0 Å². The Bertz CT molecular complexity index is 573. The minimum Gasteiger partial charge on any atom is -0.361 e. The molecule has 1 nitrogen and oxygen atoms in total. The van der Waals surface area contributed by atoms with Crippen LogP contribution in [0.4, 0.5) is 5.69 Å². The topological polar surface area (TPSA) is 12.0 Å². The molecule has 0 fully saturated rings. The monoisotopic (exact) mass is 271 g/mol. The minimum atomic E-state index is 1.12. The standard InChI is InChI=1S/C14H10BrN/c15-12-6-3-7-13-14(12)11-5-2-1-4-10(11)8-9-16-13/h1-9,16H. The van der Waals surface area contributed by atoms with Crippen molar-refractivity contribution in [2.45, 2.75) is 0 Å². The highest BCUT2D eigenvalue weighted by molar-refractivity contribution is 9.10. The first-order valence-electron chi connectivity index (χ1n) is 5.17. The zero-order chi connectivity index (χ0) is 11.0. The molecule has 2 heteroatoms. The van der Waals surface area contributed by atoms with E-state index >= 15 is 0 Å². The van der Waals surface area contributed by atoms with E-state index in [0.717, 1.165) is 10.2 Å². The van der Waals surface area contributed by atoms with Crippen molar-refractivity contribution in [3.05, 3.63) is 58.7 Å². The third-order valence-electron chi connectivity index (χ3n) is 2.75. The van der Waals surface area contributed by atoms with Crippen molar-refractivity contribution in [1.82, 2.24) is 0 Å². The Labute approximate surface area is 103 Å². The molecule has 2 aromatic carbocycles. The summed E-state index contributed by atoms with van der Waals surface area (Å²) >= 11 is 3.62. The maximum absolute atomic E-state index is 3.62. The molecule has 1 aliphatic rings. The van der Waals surface area contributed by atoms with Gasteiger partial charge in [-0.05, 0) is 29.3 Å². The van der Waals surface area contributed by atoms with Gasteiger partial charge in [-0.3, -0.25) is 0 Å². The summed E-state index contributed by atoms with van der Waals surface area (Å²) in [7, 11) is 0. The van der Waals surface area contributed by atoms with Gasteiger partial charge in [-0.1, -0.05) is 46.3 Å². The third-order valence-corrected chi connectivity index (χ3v) is 3.41. The number of nitrogens with one attached hydrogen (secondary N) is 1. The van der Waals surface area contributed by atoms with Gasteiger partial charge in [-0.25, -0.2) is 0 Å². The van der Waals surface area contributed by atoms with Crippen LogP contribution in [0, 0.1) is 0 Å². The zero-order valence-electron chi connectivity index (χ0n) is 8.57. The second kappa shape index (κ2) is 3.80. The largest absolute Gasteiger partial charge is 0.361 e. The van der Waals surface area contributed by atoms with Crippen LogP contribution < -0.4 is 5.32 Å². The van der Waals surface area contributed by atoms with Gasteiger partial charge in [0, 0.05) is 21.9 Å². The molecule has 0 aromatic heterocycles. The molecule has 0 aliphatic carbocycles. The van der Waals surface area contributed by atoms with Crippen LogP contribution in [0.5, 0.6) is 0 Å². The summed E-state index contributed by atoms with van der Waals surface area (Å²) in [4.78, 5) is 0. The number of rotatable bonds is 0.